The Morgan fingerprint density at radius 1 is 1.04 bits per heavy atom. The number of aromatic nitrogens is 2. The van der Waals surface area contributed by atoms with Gasteiger partial charge < -0.3 is 30.3 Å². The Hall–Kier alpha value is -4.17. The third kappa shape index (κ3) is 6.61. The molecule has 2 fully saturated rings. The number of nitrogens with zero attached hydrogens (tertiary/aromatic N) is 5. The lowest BCUT2D eigenvalue weighted by Crippen LogP contribution is -2.51. The summed E-state index contributed by atoms with van der Waals surface area (Å²) in [6.45, 7) is 0.442. The standard InChI is InChI=1S/C31H36F4N6O4/c1-38(16-20-9-7-19(15-36)8-10-20)28-27(45-2)26(37-41(28)29(43)22-5-3-4-6-25(22)32)23-18-40(14-12-24(23)31(33,34)35)30(44)39-13-11-21(42)17-39/h3-10,21,23-24,42H,11-18,36H2,1-2H3. The Morgan fingerprint density at radius 3 is 2.29 bits per heavy atom. The fourth-order valence-electron chi connectivity index (χ4n) is 6.11. The summed E-state index contributed by atoms with van der Waals surface area (Å²) in [7, 11) is 2.90. The maximum atomic E-state index is 14.8. The van der Waals surface area contributed by atoms with Crippen molar-refractivity contribution in [1.82, 2.24) is 19.6 Å². The van der Waals surface area contributed by atoms with E-state index in [9.17, 15) is 32.3 Å². The molecule has 3 unspecified atom stereocenters. The number of rotatable bonds is 7. The second kappa shape index (κ2) is 13.1. The summed E-state index contributed by atoms with van der Waals surface area (Å²) in [4.78, 5) is 31.4. The predicted molar refractivity (Wildman–Crippen MR) is 157 cm³/mol. The van der Waals surface area contributed by atoms with Gasteiger partial charge in [-0.05, 0) is 36.1 Å². The van der Waals surface area contributed by atoms with E-state index >= 15 is 0 Å². The van der Waals surface area contributed by atoms with Gasteiger partial charge in [-0.15, -0.1) is 0 Å². The molecule has 2 aliphatic heterocycles. The number of carbonyl (C=O) groups excluding carboxylic acids is 2. The summed E-state index contributed by atoms with van der Waals surface area (Å²) >= 11 is 0. The van der Waals surface area contributed by atoms with Gasteiger partial charge in [-0.1, -0.05) is 36.4 Å². The van der Waals surface area contributed by atoms with E-state index in [0.29, 0.717) is 19.5 Å². The van der Waals surface area contributed by atoms with Crippen LogP contribution in [-0.4, -0.2) is 89.2 Å². The van der Waals surface area contributed by atoms with Gasteiger partial charge in [0.1, 0.15) is 11.5 Å². The van der Waals surface area contributed by atoms with E-state index in [1.54, 1.807) is 11.9 Å². The number of amides is 2. The topological polar surface area (TPSA) is 117 Å². The van der Waals surface area contributed by atoms with Crippen molar-refractivity contribution in [3.63, 3.8) is 0 Å². The highest BCUT2D eigenvalue weighted by Crippen LogP contribution is 2.47. The molecule has 3 atom stereocenters. The van der Waals surface area contributed by atoms with Crippen LogP contribution in [-0.2, 0) is 13.1 Å². The molecule has 2 amide bonds. The highest BCUT2D eigenvalue weighted by atomic mass is 19.4. The van der Waals surface area contributed by atoms with Crippen molar-refractivity contribution >= 4 is 17.8 Å². The molecule has 3 aromatic rings. The van der Waals surface area contributed by atoms with Crippen LogP contribution in [0.25, 0.3) is 0 Å². The van der Waals surface area contributed by atoms with Crippen molar-refractivity contribution in [2.24, 2.45) is 11.7 Å². The summed E-state index contributed by atoms with van der Waals surface area (Å²) in [6, 6.07) is 12.2. The highest BCUT2D eigenvalue weighted by Gasteiger charge is 2.51. The zero-order valence-electron chi connectivity index (χ0n) is 25.0. The van der Waals surface area contributed by atoms with Crippen LogP contribution >= 0.6 is 0 Å². The summed E-state index contributed by atoms with van der Waals surface area (Å²) in [5.41, 5.74) is 6.93. The number of alkyl halides is 3. The molecule has 0 bridgehead atoms. The number of hydrogen-bond acceptors (Lipinski definition) is 7. The Kier molecular flexibility index (Phi) is 9.35. The molecule has 45 heavy (non-hydrogen) atoms. The van der Waals surface area contributed by atoms with Crippen LogP contribution in [0.15, 0.2) is 48.5 Å². The third-order valence-corrected chi connectivity index (χ3v) is 8.47. The van der Waals surface area contributed by atoms with Crippen LogP contribution in [0, 0.1) is 11.7 Å². The average Bonchev–Trinajstić information content (AvgIpc) is 3.64. The molecule has 0 radical (unpaired) electrons. The molecule has 5 rings (SSSR count). The van der Waals surface area contributed by atoms with E-state index in [0.717, 1.165) is 21.9 Å². The van der Waals surface area contributed by atoms with Crippen molar-refractivity contribution in [3.05, 3.63) is 76.7 Å². The number of urea groups is 1. The predicted octanol–water partition coefficient (Wildman–Crippen LogP) is 3.97. The normalized spacial score (nSPS) is 20.4. The quantitative estimate of drug-likeness (QED) is 0.379. The zero-order valence-corrected chi connectivity index (χ0v) is 25.0. The minimum absolute atomic E-state index is 0.0377. The lowest BCUT2D eigenvalue weighted by Gasteiger charge is -2.40. The maximum absolute atomic E-state index is 14.8. The SMILES string of the molecule is COc1c(C2CN(C(=O)N3CCC(O)C3)CCC2C(F)(F)F)nn(C(=O)c2ccccc2F)c1N(C)Cc1ccc(CN)cc1. The minimum Gasteiger partial charge on any atom is -0.491 e. The molecular weight excluding hydrogens is 596 g/mol. The number of nitrogens with two attached hydrogens (primary N) is 1. The number of halogens is 4. The van der Waals surface area contributed by atoms with Crippen molar-refractivity contribution in [2.75, 3.05) is 45.2 Å². The summed E-state index contributed by atoms with van der Waals surface area (Å²) < 4.78 is 65.0. The van der Waals surface area contributed by atoms with Crippen molar-refractivity contribution in [2.45, 2.75) is 44.1 Å². The van der Waals surface area contributed by atoms with Gasteiger partial charge in [0.15, 0.2) is 11.6 Å². The Bertz CT molecular complexity index is 1530. The largest absolute Gasteiger partial charge is 0.491 e. The van der Waals surface area contributed by atoms with Gasteiger partial charge in [-0.25, -0.2) is 9.18 Å². The molecule has 2 aliphatic rings. The van der Waals surface area contributed by atoms with E-state index in [2.05, 4.69) is 5.10 Å². The van der Waals surface area contributed by atoms with Crippen LogP contribution < -0.4 is 15.4 Å². The molecular formula is C31H36F4N6O4. The summed E-state index contributed by atoms with van der Waals surface area (Å²) in [5.74, 6) is -5.04. The van der Waals surface area contributed by atoms with E-state index in [-0.39, 0.29) is 49.0 Å². The second-order valence-corrected chi connectivity index (χ2v) is 11.5. The van der Waals surface area contributed by atoms with Crippen molar-refractivity contribution < 1.29 is 37.0 Å². The minimum atomic E-state index is -4.65. The Balaban J connectivity index is 1.60. The van der Waals surface area contributed by atoms with Crippen LogP contribution in [0.1, 0.15) is 45.9 Å². The van der Waals surface area contributed by atoms with Gasteiger partial charge in [0.2, 0.25) is 0 Å². The summed E-state index contributed by atoms with van der Waals surface area (Å²) in [5, 5.41) is 14.3. The van der Waals surface area contributed by atoms with E-state index < -0.39 is 48.3 Å². The summed E-state index contributed by atoms with van der Waals surface area (Å²) in [6.07, 6.45) is -5.35. The number of likely N-dealkylation sites (tertiary alicyclic amines) is 2. The Morgan fingerprint density at radius 2 is 1.69 bits per heavy atom. The molecule has 0 spiro atoms. The van der Waals surface area contributed by atoms with Gasteiger partial charge in [0, 0.05) is 52.2 Å². The zero-order chi connectivity index (χ0) is 32.5. The number of methoxy groups -OCH3 is 1. The number of β-amino-alcohol motifs (C(OH)–C–C–N with tert-alkyl or cyclic N) is 1. The second-order valence-electron chi connectivity index (χ2n) is 11.5. The van der Waals surface area contributed by atoms with Gasteiger partial charge in [0.25, 0.3) is 5.91 Å². The molecule has 10 nitrogen and oxygen atoms in total. The van der Waals surface area contributed by atoms with E-state index in [1.165, 1.54) is 35.1 Å². The molecule has 3 heterocycles. The number of aliphatic hydroxyl groups is 1. The number of hydrogen-bond donors (Lipinski definition) is 2. The monoisotopic (exact) mass is 632 g/mol. The van der Waals surface area contributed by atoms with Gasteiger partial charge in [-0.3, -0.25) is 4.79 Å². The van der Waals surface area contributed by atoms with E-state index in [1.807, 2.05) is 24.3 Å². The average molecular weight is 633 g/mol. The van der Waals surface area contributed by atoms with Crippen LogP contribution in [0.2, 0.25) is 0 Å². The first-order valence-electron chi connectivity index (χ1n) is 14.7. The lowest BCUT2D eigenvalue weighted by molar-refractivity contribution is -0.190. The van der Waals surface area contributed by atoms with Crippen LogP contribution in [0.5, 0.6) is 5.75 Å². The van der Waals surface area contributed by atoms with E-state index in [4.69, 9.17) is 10.5 Å². The van der Waals surface area contributed by atoms with Gasteiger partial charge in [0.05, 0.1) is 24.7 Å². The maximum Gasteiger partial charge on any atom is 0.392 e. The van der Waals surface area contributed by atoms with Crippen molar-refractivity contribution in [3.8, 4) is 5.75 Å². The first-order valence-corrected chi connectivity index (χ1v) is 14.7. The first-order chi connectivity index (χ1) is 21.4. The number of carbonyl (C=O) groups is 2. The molecule has 3 N–H and O–H groups in total. The van der Waals surface area contributed by atoms with Gasteiger partial charge >= 0.3 is 12.2 Å². The molecule has 1 aromatic heterocycles. The smallest absolute Gasteiger partial charge is 0.392 e. The fourth-order valence-corrected chi connectivity index (χ4v) is 6.11. The molecule has 14 heteroatoms. The molecule has 2 saturated heterocycles. The molecule has 0 aliphatic carbocycles. The lowest BCUT2D eigenvalue weighted by atomic mass is 9.82. The molecule has 0 saturated carbocycles. The number of anilines is 1. The molecule has 2 aromatic carbocycles. The first kappa shape index (κ1) is 32.2. The third-order valence-electron chi connectivity index (χ3n) is 8.47. The van der Waals surface area contributed by atoms with Crippen LogP contribution in [0.4, 0.5) is 28.2 Å². The van der Waals surface area contributed by atoms with Gasteiger partial charge in [-0.2, -0.15) is 23.0 Å². The number of benzene rings is 2. The Labute approximate surface area is 257 Å². The molecule has 242 valence electrons. The number of ether oxygens (including phenoxy) is 1. The number of piperidine rings is 1. The highest BCUT2D eigenvalue weighted by molar-refractivity contribution is 5.98. The van der Waals surface area contributed by atoms with Crippen molar-refractivity contribution in [1.29, 1.82) is 0 Å². The number of aliphatic hydroxyl groups excluding tert-OH is 1. The fraction of sp³-hybridized carbons (Fsp3) is 0.452. The van der Waals surface area contributed by atoms with Crippen LogP contribution in [0.3, 0.4) is 0 Å².